The van der Waals surface area contributed by atoms with Crippen molar-refractivity contribution in [2.75, 3.05) is 33.4 Å². The Hall–Kier alpha value is -3.20. The molecule has 2 N–H and O–H groups in total. The van der Waals surface area contributed by atoms with Crippen molar-refractivity contribution in [1.82, 2.24) is 10.4 Å². The summed E-state index contributed by atoms with van der Waals surface area (Å²) in [6, 6.07) is 8.86. The fourth-order valence-electron chi connectivity index (χ4n) is 2.64. The van der Waals surface area contributed by atoms with E-state index in [0.717, 1.165) is 10.2 Å². The van der Waals surface area contributed by atoms with Crippen molar-refractivity contribution >= 4 is 32.6 Å². The topological polar surface area (TPSA) is 90.9 Å². The molecule has 0 bridgehead atoms. The van der Waals surface area contributed by atoms with E-state index in [1.165, 1.54) is 32.7 Å². The largest absolute Gasteiger partial charge is 0.493 e. The van der Waals surface area contributed by atoms with Crippen molar-refractivity contribution < 1.29 is 23.7 Å². The van der Waals surface area contributed by atoms with Crippen LogP contribution in [0, 0.1) is 0 Å². The van der Waals surface area contributed by atoms with E-state index in [-0.39, 0.29) is 5.91 Å². The predicted molar refractivity (Wildman–Crippen MR) is 108 cm³/mol. The highest BCUT2D eigenvalue weighted by atomic mass is 32.1. The van der Waals surface area contributed by atoms with Crippen LogP contribution in [0.1, 0.15) is 17.3 Å². The lowest BCUT2D eigenvalue weighted by Gasteiger charge is -2.14. The molecule has 0 radical (unpaired) electrons. The molecule has 2 aromatic carbocycles. The summed E-state index contributed by atoms with van der Waals surface area (Å²) in [4.78, 5) is 17.1. The molecule has 0 spiro atoms. The first-order valence-corrected chi connectivity index (χ1v) is 9.31. The molecule has 28 heavy (non-hydrogen) atoms. The number of benzene rings is 2. The molecule has 0 atom stereocenters. The molecular formula is C19H21N3O5S. The highest BCUT2D eigenvalue weighted by Crippen LogP contribution is 2.38. The molecule has 0 fully saturated rings. The number of methoxy groups -OCH3 is 3. The van der Waals surface area contributed by atoms with Gasteiger partial charge in [0.25, 0.3) is 5.91 Å². The molecule has 0 aliphatic heterocycles. The molecule has 0 saturated heterocycles. The number of nitrogens with one attached hydrogen (secondary N) is 2. The third-order valence-electron chi connectivity index (χ3n) is 3.89. The van der Waals surface area contributed by atoms with E-state index < -0.39 is 0 Å². The normalized spacial score (nSPS) is 10.4. The number of para-hydroxylation sites is 1. The Bertz CT molecular complexity index is 964. The first-order chi connectivity index (χ1) is 13.6. The van der Waals surface area contributed by atoms with Crippen LogP contribution in [0.5, 0.6) is 23.0 Å². The Morgan fingerprint density at radius 2 is 1.79 bits per heavy atom. The van der Waals surface area contributed by atoms with E-state index in [1.807, 2.05) is 25.1 Å². The van der Waals surface area contributed by atoms with Crippen LogP contribution in [-0.4, -0.2) is 38.8 Å². The zero-order valence-corrected chi connectivity index (χ0v) is 16.8. The first-order valence-electron chi connectivity index (χ1n) is 8.50. The number of ether oxygens (including phenoxy) is 4. The van der Waals surface area contributed by atoms with Gasteiger partial charge in [0.05, 0.1) is 32.6 Å². The Kier molecular flexibility index (Phi) is 6.05. The van der Waals surface area contributed by atoms with Crippen molar-refractivity contribution in [3.63, 3.8) is 0 Å². The monoisotopic (exact) mass is 403 g/mol. The van der Waals surface area contributed by atoms with Gasteiger partial charge >= 0.3 is 0 Å². The van der Waals surface area contributed by atoms with Crippen molar-refractivity contribution in [3.8, 4) is 23.0 Å². The first kappa shape index (κ1) is 19.6. The van der Waals surface area contributed by atoms with Gasteiger partial charge < -0.3 is 18.9 Å². The van der Waals surface area contributed by atoms with Crippen LogP contribution < -0.4 is 29.8 Å². The second-order valence-electron chi connectivity index (χ2n) is 5.55. The number of nitrogens with zero attached hydrogens (tertiary/aromatic N) is 1. The lowest BCUT2D eigenvalue weighted by molar-refractivity contribution is 0.0962. The van der Waals surface area contributed by atoms with Crippen LogP contribution in [0.15, 0.2) is 30.3 Å². The number of thiazole rings is 1. The number of carbonyl (C=O) groups is 1. The maximum Gasteiger partial charge on any atom is 0.269 e. The maximum atomic E-state index is 12.6. The summed E-state index contributed by atoms with van der Waals surface area (Å²) >= 11 is 1.41. The van der Waals surface area contributed by atoms with Crippen LogP contribution in [0.3, 0.4) is 0 Å². The number of fused-ring (bicyclic) bond motifs is 1. The van der Waals surface area contributed by atoms with E-state index in [9.17, 15) is 4.79 Å². The molecule has 8 nitrogen and oxygen atoms in total. The number of aromatic nitrogens is 1. The van der Waals surface area contributed by atoms with Crippen molar-refractivity contribution in [2.24, 2.45) is 0 Å². The van der Waals surface area contributed by atoms with Gasteiger partial charge in [-0.05, 0) is 31.2 Å². The molecule has 3 rings (SSSR count). The molecule has 148 valence electrons. The van der Waals surface area contributed by atoms with E-state index in [4.69, 9.17) is 18.9 Å². The summed E-state index contributed by atoms with van der Waals surface area (Å²) in [5.41, 5.74) is 6.57. The Morgan fingerprint density at radius 3 is 2.39 bits per heavy atom. The third kappa shape index (κ3) is 3.89. The summed E-state index contributed by atoms with van der Waals surface area (Å²) in [6.45, 7) is 2.47. The average Bonchev–Trinajstić information content (AvgIpc) is 3.15. The van der Waals surface area contributed by atoms with Crippen molar-refractivity contribution in [2.45, 2.75) is 6.92 Å². The highest BCUT2D eigenvalue weighted by molar-refractivity contribution is 7.22. The Labute approximate surface area is 166 Å². The SMILES string of the molecule is CCOc1cccc2sc(NNC(=O)c3cc(OC)c(OC)c(OC)c3)nc12. The number of rotatable bonds is 8. The second-order valence-corrected chi connectivity index (χ2v) is 6.58. The van der Waals surface area contributed by atoms with Gasteiger partial charge in [-0.1, -0.05) is 17.4 Å². The lowest BCUT2D eigenvalue weighted by Crippen LogP contribution is -2.29. The number of hydrogen-bond donors (Lipinski definition) is 2. The van der Waals surface area contributed by atoms with Gasteiger partial charge in [0, 0.05) is 5.56 Å². The van der Waals surface area contributed by atoms with Crippen molar-refractivity contribution in [3.05, 3.63) is 35.9 Å². The van der Waals surface area contributed by atoms with E-state index >= 15 is 0 Å². The second kappa shape index (κ2) is 8.66. The lowest BCUT2D eigenvalue weighted by atomic mass is 10.1. The Morgan fingerprint density at radius 1 is 1.07 bits per heavy atom. The number of anilines is 1. The van der Waals surface area contributed by atoms with Crippen LogP contribution in [0.25, 0.3) is 10.2 Å². The fraction of sp³-hybridized carbons (Fsp3) is 0.263. The molecule has 0 aliphatic rings. The van der Waals surface area contributed by atoms with Crippen molar-refractivity contribution in [1.29, 1.82) is 0 Å². The smallest absolute Gasteiger partial charge is 0.269 e. The highest BCUT2D eigenvalue weighted by Gasteiger charge is 2.17. The van der Waals surface area contributed by atoms with Gasteiger partial charge in [-0.15, -0.1) is 0 Å². The van der Waals surface area contributed by atoms with E-state index in [1.54, 1.807) is 12.1 Å². The molecule has 1 heterocycles. The van der Waals surface area contributed by atoms with Gasteiger partial charge in [-0.25, -0.2) is 4.98 Å². The molecule has 0 aliphatic carbocycles. The molecule has 1 amide bonds. The van der Waals surface area contributed by atoms with E-state index in [0.29, 0.717) is 40.3 Å². The van der Waals surface area contributed by atoms with Crippen LogP contribution >= 0.6 is 11.3 Å². The maximum absolute atomic E-state index is 12.6. The zero-order chi connectivity index (χ0) is 20.1. The summed E-state index contributed by atoms with van der Waals surface area (Å²) < 4.78 is 22.4. The molecule has 0 unspecified atom stereocenters. The number of carbonyl (C=O) groups excluding carboxylic acids is 1. The fourth-order valence-corrected chi connectivity index (χ4v) is 3.48. The van der Waals surface area contributed by atoms with Gasteiger partial charge in [0.1, 0.15) is 11.3 Å². The van der Waals surface area contributed by atoms with Crippen LogP contribution in [-0.2, 0) is 0 Å². The zero-order valence-electron chi connectivity index (χ0n) is 16.0. The number of hydrazine groups is 1. The van der Waals surface area contributed by atoms with Crippen LogP contribution in [0.4, 0.5) is 5.13 Å². The molecule has 3 aromatic rings. The quantitative estimate of drug-likeness (QED) is 0.557. The van der Waals surface area contributed by atoms with Gasteiger partial charge in [-0.2, -0.15) is 0 Å². The molecule has 9 heteroatoms. The summed E-state index contributed by atoms with van der Waals surface area (Å²) in [6.07, 6.45) is 0. The minimum absolute atomic E-state index is 0.345. The summed E-state index contributed by atoms with van der Waals surface area (Å²) in [5.74, 6) is 1.55. The minimum Gasteiger partial charge on any atom is -0.493 e. The van der Waals surface area contributed by atoms with Crippen LogP contribution in [0.2, 0.25) is 0 Å². The molecule has 0 saturated carbocycles. The average molecular weight is 403 g/mol. The van der Waals surface area contributed by atoms with Gasteiger partial charge in [0.15, 0.2) is 11.5 Å². The Balaban J connectivity index is 1.79. The summed E-state index contributed by atoms with van der Waals surface area (Å²) in [7, 11) is 4.49. The minimum atomic E-state index is -0.372. The third-order valence-corrected chi connectivity index (χ3v) is 4.83. The summed E-state index contributed by atoms with van der Waals surface area (Å²) in [5, 5.41) is 0.544. The van der Waals surface area contributed by atoms with E-state index in [2.05, 4.69) is 15.8 Å². The predicted octanol–water partition coefficient (Wildman–Crippen LogP) is 3.48. The van der Waals surface area contributed by atoms with Gasteiger partial charge in [-0.3, -0.25) is 15.6 Å². The molecule has 1 aromatic heterocycles. The molecular weight excluding hydrogens is 382 g/mol. The van der Waals surface area contributed by atoms with Gasteiger partial charge in [0.2, 0.25) is 10.9 Å². The number of amides is 1. The number of hydrogen-bond acceptors (Lipinski definition) is 8. The standard InChI is InChI=1S/C19H21N3O5S/c1-5-27-12-7-6-8-15-16(12)20-19(28-15)22-21-18(23)11-9-13(24-2)17(26-4)14(10-11)25-3/h6-10H,5H2,1-4H3,(H,20,22)(H,21,23).